The number of hydrogen-bond acceptors (Lipinski definition) is 7. The van der Waals surface area contributed by atoms with Gasteiger partial charge in [-0.15, -0.1) is 11.3 Å². The van der Waals surface area contributed by atoms with Crippen molar-refractivity contribution in [2.75, 3.05) is 10.2 Å². The molecule has 0 saturated carbocycles. The van der Waals surface area contributed by atoms with E-state index in [1.54, 1.807) is 17.5 Å². The highest BCUT2D eigenvalue weighted by molar-refractivity contribution is 8.00. The van der Waals surface area contributed by atoms with E-state index in [0.29, 0.717) is 20.5 Å². The topological polar surface area (TPSA) is 88.5 Å². The molecule has 3 atom stereocenters. The van der Waals surface area contributed by atoms with Gasteiger partial charge in [-0.1, -0.05) is 35.2 Å². The molecule has 210 valence electrons. The molecule has 1 N–H and O–H groups in total. The molecule has 0 spiro atoms. The predicted octanol–water partition coefficient (Wildman–Crippen LogP) is 5.56. The maximum atomic E-state index is 13.8. The van der Waals surface area contributed by atoms with Crippen LogP contribution in [0.15, 0.2) is 75.9 Å². The lowest BCUT2D eigenvalue weighted by Gasteiger charge is -2.29. The van der Waals surface area contributed by atoms with E-state index in [1.165, 1.54) is 46.2 Å². The minimum absolute atomic E-state index is 0.186. The fourth-order valence-corrected chi connectivity index (χ4v) is 8.70. The first-order valence-corrected chi connectivity index (χ1v) is 14.6. The third-order valence-electron chi connectivity index (χ3n) is 6.76. The zero-order chi connectivity index (χ0) is 29.1. The van der Waals surface area contributed by atoms with E-state index < -0.39 is 63.8 Å². The number of halogens is 4. The second-order valence-corrected chi connectivity index (χ2v) is 12.4. The number of thiophene rings is 1. The normalized spacial score (nSPS) is 20.2. The zero-order valence-electron chi connectivity index (χ0n) is 20.6. The van der Waals surface area contributed by atoms with Gasteiger partial charge in [0.2, 0.25) is 17.7 Å². The number of thioether (sulfide) groups is 1. The fraction of sp³-hybridized carbons (Fsp3) is 0.185. The highest BCUT2D eigenvalue weighted by Crippen LogP contribution is 2.54. The summed E-state index contributed by atoms with van der Waals surface area (Å²) in [6, 6.07) is 12.7. The van der Waals surface area contributed by atoms with Gasteiger partial charge in [0, 0.05) is 21.4 Å². The van der Waals surface area contributed by atoms with Crippen molar-refractivity contribution in [2.24, 2.45) is 5.92 Å². The Hall–Kier alpha value is -3.75. The number of anilines is 2. The van der Waals surface area contributed by atoms with Crippen LogP contribution >= 0.6 is 34.4 Å². The van der Waals surface area contributed by atoms with Crippen LogP contribution in [0, 0.1) is 11.7 Å². The smallest absolute Gasteiger partial charge is 0.325 e. The Balaban J connectivity index is 1.38. The predicted molar refractivity (Wildman–Crippen MR) is 147 cm³/mol. The monoisotopic (exact) mass is 619 g/mol. The number of carbonyl (C=O) groups excluding carboxylic acids is 3. The Morgan fingerprint density at radius 1 is 0.976 bits per heavy atom. The van der Waals surface area contributed by atoms with Gasteiger partial charge in [0.25, 0.3) is 0 Å². The van der Waals surface area contributed by atoms with Crippen LogP contribution in [0.5, 0.6) is 0 Å². The second kappa shape index (κ2) is 10.3. The molecule has 2 unspecified atom stereocenters. The number of nitrogens with one attached hydrogen (secondary N) is 1. The molecule has 1 saturated heterocycles. The maximum absolute atomic E-state index is 13.8. The minimum atomic E-state index is -4.67. The molecular formula is C27H17F4N3O4S3. The van der Waals surface area contributed by atoms with Crippen LogP contribution in [0.25, 0.3) is 0 Å². The number of aromatic nitrogens is 1. The van der Waals surface area contributed by atoms with Crippen molar-refractivity contribution >= 4 is 63.5 Å². The number of rotatable bonds is 5. The highest BCUT2D eigenvalue weighted by atomic mass is 32.2. The Bertz CT molecular complexity index is 1730. The molecular weight excluding hydrogens is 603 g/mol. The van der Waals surface area contributed by atoms with Gasteiger partial charge in [0.1, 0.15) is 17.6 Å². The van der Waals surface area contributed by atoms with Crippen molar-refractivity contribution in [2.45, 2.75) is 28.9 Å². The van der Waals surface area contributed by atoms with Crippen LogP contribution in [-0.4, -0.2) is 27.5 Å². The number of fused-ring (bicyclic) bond motifs is 2. The number of nitrogens with zero attached hydrogens (tertiary/aromatic N) is 2. The third-order valence-corrected chi connectivity index (χ3v) is 10.3. The van der Waals surface area contributed by atoms with Crippen LogP contribution in [0.1, 0.15) is 21.2 Å². The van der Waals surface area contributed by atoms with Gasteiger partial charge in [-0.25, -0.2) is 9.29 Å². The summed E-state index contributed by atoms with van der Waals surface area (Å²) in [6.07, 6.45) is -4.67. The summed E-state index contributed by atoms with van der Waals surface area (Å²) in [5.74, 6) is -4.06. The van der Waals surface area contributed by atoms with Gasteiger partial charge in [-0.2, -0.15) is 13.2 Å². The number of thiazole rings is 1. The Morgan fingerprint density at radius 2 is 1.73 bits per heavy atom. The van der Waals surface area contributed by atoms with Crippen molar-refractivity contribution in [3.63, 3.8) is 0 Å². The van der Waals surface area contributed by atoms with E-state index in [-0.39, 0.29) is 5.69 Å². The number of carbonyl (C=O) groups is 3. The maximum Gasteiger partial charge on any atom is 0.416 e. The van der Waals surface area contributed by atoms with Crippen molar-refractivity contribution in [3.8, 4) is 0 Å². The summed E-state index contributed by atoms with van der Waals surface area (Å²) in [5, 5.41) is 3.70. The van der Waals surface area contributed by atoms with Crippen molar-refractivity contribution in [3.05, 3.63) is 96.8 Å². The molecule has 6 rings (SSSR count). The molecule has 7 nitrogen and oxygen atoms in total. The number of imide groups is 1. The number of benzene rings is 2. The molecule has 3 amide bonds. The van der Waals surface area contributed by atoms with Crippen LogP contribution in [0.2, 0.25) is 0 Å². The molecule has 2 aromatic heterocycles. The van der Waals surface area contributed by atoms with Gasteiger partial charge in [0.15, 0.2) is 0 Å². The SMILES string of the molecule is O=C(Cn1c2c(sc1=O)[C@@H](c1cccs1)C1C(=O)N(c3cccc(C(F)(F)F)c3)C(=O)C1S2)Nc1ccc(F)cc1. The molecule has 2 aromatic carbocycles. The summed E-state index contributed by atoms with van der Waals surface area (Å²) in [5.41, 5.74) is -0.853. The van der Waals surface area contributed by atoms with Crippen LogP contribution < -0.4 is 15.1 Å². The van der Waals surface area contributed by atoms with E-state index in [2.05, 4.69) is 5.32 Å². The molecule has 2 aliphatic heterocycles. The summed E-state index contributed by atoms with van der Waals surface area (Å²) in [4.78, 5) is 54.9. The standard InChI is InChI=1S/C27H17F4N3O4S3/c28-14-6-8-15(9-7-14)32-18(35)12-33-25-22(41-26(33)38)19(17-5-2-10-39-17)20-21(40-25)24(37)34(23(20)36)16-4-1-3-13(11-16)27(29,30)31/h1-11,19-21H,12H2,(H,32,35)/t19-,20?,21?/m0/s1. The highest BCUT2D eigenvalue weighted by Gasteiger charge is 2.57. The minimum Gasteiger partial charge on any atom is -0.325 e. The summed E-state index contributed by atoms with van der Waals surface area (Å²) in [7, 11) is 0. The largest absolute Gasteiger partial charge is 0.416 e. The van der Waals surface area contributed by atoms with Crippen LogP contribution in [0.3, 0.4) is 0 Å². The molecule has 4 aromatic rings. The lowest BCUT2D eigenvalue weighted by molar-refractivity contribution is -0.137. The van der Waals surface area contributed by atoms with Crippen LogP contribution in [0.4, 0.5) is 28.9 Å². The lowest BCUT2D eigenvalue weighted by atomic mass is 9.87. The van der Waals surface area contributed by atoms with Gasteiger partial charge in [0.05, 0.1) is 22.2 Å². The molecule has 41 heavy (non-hydrogen) atoms. The molecule has 4 heterocycles. The quantitative estimate of drug-likeness (QED) is 0.233. The van der Waals surface area contributed by atoms with E-state index in [9.17, 15) is 36.7 Å². The molecule has 0 aliphatic carbocycles. The van der Waals surface area contributed by atoms with E-state index in [4.69, 9.17) is 0 Å². The van der Waals surface area contributed by atoms with Gasteiger partial charge in [-0.05, 0) is 53.9 Å². The zero-order valence-corrected chi connectivity index (χ0v) is 23.0. The first kappa shape index (κ1) is 27.4. The van der Waals surface area contributed by atoms with Gasteiger partial charge in [-0.3, -0.25) is 23.7 Å². The second-order valence-electron chi connectivity index (χ2n) is 9.30. The number of hydrogen-bond donors (Lipinski definition) is 1. The first-order valence-electron chi connectivity index (χ1n) is 12.1. The molecule has 2 aliphatic rings. The Labute approximate surface area is 241 Å². The molecule has 0 bridgehead atoms. The number of alkyl halides is 3. The van der Waals surface area contributed by atoms with Gasteiger partial charge >= 0.3 is 11.0 Å². The van der Waals surface area contributed by atoms with E-state index in [1.807, 2.05) is 0 Å². The summed E-state index contributed by atoms with van der Waals surface area (Å²) >= 11 is 3.15. The molecule has 14 heteroatoms. The van der Waals surface area contributed by atoms with E-state index >= 15 is 0 Å². The van der Waals surface area contributed by atoms with Gasteiger partial charge < -0.3 is 5.32 Å². The average molecular weight is 620 g/mol. The van der Waals surface area contributed by atoms with Crippen molar-refractivity contribution in [1.82, 2.24) is 4.57 Å². The molecule has 1 fully saturated rings. The number of amides is 3. The lowest BCUT2D eigenvalue weighted by Crippen LogP contribution is -2.32. The summed E-state index contributed by atoms with van der Waals surface area (Å²) < 4.78 is 54.7. The molecule has 0 radical (unpaired) electrons. The Kier molecular flexibility index (Phi) is 6.86. The summed E-state index contributed by atoms with van der Waals surface area (Å²) in [6.45, 7) is -0.400. The van der Waals surface area contributed by atoms with E-state index in [0.717, 1.165) is 46.2 Å². The van der Waals surface area contributed by atoms with Crippen molar-refractivity contribution < 1.29 is 31.9 Å². The van der Waals surface area contributed by atoms with Crippen molar-refractivity contribution in [1.29, 1.82) is 0 Å². The first-order chi connectivity index (χ1) is 19.5. The van der Waals surface area contributed by atoms with Crippen LogP contribution in [-0.2, 0) is 27.1 Å². The Morgan fingerprint density at radius 3 is 2.41 bits per heavy atom. The average Bonchev–Trinajstić information content (AvgIpc) is 3.62. The third kappa shape index (κ3) is 4.89. The fourth-order valence-electron chi connectivity index (χ4n) is 4.98.